The number of anilines is 1. The Hall–Kier alpha value is -1.48. The van der Waals surface area contributed by atoms with E-state index in [9.17, 15) is 0 Å². The summed E-state index contributed by atoms with van der Waals surface area (Å²) in [6.07, 6.45) is 2.37. The number of piperidine rings is 1. The molecular weight excluding hydrogens is 222 g/mol. The van der Waals surface area contributed by atoms with Crippen molar-refractivity contribution in [1.29, 1.82) is 0 Å². The van der Waals surface area contributed by atoms with Gasteiger partial charge in [0.25, 0.3) is 0 Å². The molecule has 18 heavy (non-hydrogen) atoms. The molecule has 0 aliphatic carbocycles. The van der Waals surface area contributed by atoms with E-state index in [4.69, 9.17) is 5.73 Å². The lowest BCUT2D eigenvalue weighted by molar-refractivity contribution is 0.245. The van der Waals surface area contributed by atoms with E-state index in [1.165, 1.54) is 12.8 Å². The molecule has 2 rings (SSSR count). The number of nitrogen functional groups attached to an aromatic ring is 1. The molecule has 1 fully saturated rings. The fourth-order valence-electron chi connectivity index (χ4n) is 2.35. The first-order valence-electron chi connectivity index (χ1n) is 6.57. The zero-order valence-electron chi connectivity index (χ0n) is 11.4. The van der Waals surface area contributed by atoms with Crippen LogP contribution in [0.15, 0.2) is 24.8 Å². The fourth-order valence-corrected chi connectivity index (χ4v) is 2.35. The van der Waals surface area contributed by atoms with Crippen LogP contribution in [0, 0.1) is 6.92 Å². The predicted molar refractivity (Wildman–Crippen MR) is 78.3 cm³/mol. The van der Waals surface area contributed by atoms with Gasteiger partial charge in [-0.25, -0.2) is 0 Å². The zero-order chi connectivity index (χ0) is 13.1. The molecule has 0 saturated carbocycles. The second-order valence-electron chi connectivity index (χ2n) is 5.27. The minimum atomic E-state index is 0.548. The highest BCUT2D eigenvalue weighted by atomic mass is 15.1. The highest BCUT2D eigenvalue weighted by molar-refractivity contribution is 5.65. The molecule has 0 bridgehead atoms. The van der Waals surface area contributed by atoms with Crippen LogP contribution in [0.4, 0.5) is 5.69 Å². The lowest BCUT2D eigenvalue weighted by Crippen LogP contribution is -2.39. The number of likely N-dealkylation sites (tertiary alicyclic amines) is 1. The van der Waals surface area contributed by atoms with E-state index in [2.05, 4.69) is 29.9 Å². The molecule has 1 aliphatic rings. The van der Waals surface area contributed by atoms with Gasteiger partial charge in [0.05, 0.1) is 0 Å². The monoisotopic (exact) mass is 245 g/mol. The molecule has 1 saturated heterocycles. The van der Waals surface area contributed by atoms with Crippen molar-refractivity contribution in [3.63, 3.8) is 0 Å². The smallest absolute Gasteiger partial charge is 0.0344 e. The predicted octanol–water partition coefficient (Wildman–Crippen LogP) is 2.23. The number of benzene rings is 1. The molecule has 0 atom stereocenters. The van der Waals surface area contributed by atoms with Gasteiger partial charge in [-0.2, -0.15) is 0 Å². The van der Waals surface area contributed by atoms with Gasteiger partial charge in [-0.1, -0.05) is 12.6 Å². The highest BCUT2D eigenvalue weighted by Crippen LogP contribution is 2.19. The van der Waals surface area contributed by atoms with Crippen molar-refractivity contribution in [2.75, 3.05) is 25.9 Å². The van der Waals surface area contributed by atoms with Gasteiger partial charge in [-0.3, -0.25) is 0 Å². The van der Waals surface area contributed by atoms with Crippen molar-refractivity contribution in [1.82, 2.24) is 10.2 Å². The summed E-state index contributed by atoms with van der Waals surface area (Å²) in [4.78, 5) is 2.37. The largest absolute Gasteiger partial charge is 0.399 e. The van der Waals surface area contributed by atoms with Gasteiger partial charge in [0.15, 0.2) is 0 Å². The quantitative estimate of drug-likeness (QED) is 0.802. The van der Waals surface area contributed by atoms with Crippen LogP contribution in [0.2, 0.25) is 0 Å². The minimum absolute atomic E-state index is 0.548. The number of aryl methyl sites for hydroxylation is 1. The van der Waals surface area contributed by atoms with E-state index in [0.29, 0.717) is 6.04 Å². The number of hydrogen-bond donors (Lipinski definition) is 2. The molecule has 0 radical (unpaired) electrons. The van der Waals surface area contributed by atoms with Crippen LogP contribution in [0.25, 0.3) is 5.70 Å². The van der Waals surface area contributed by atoms with Crippen LogP contribution >= 0.6 is 0 Å². The second-order valence-corrected chi connectivity index (χ2v) is 5.27. The summed E-state index contributed by atoms with van der Waals surface area (Å²) in [6, 6.07) is 6.63. The summed E-state index contributed by atoms with van der Waals surface area (Å²) in [7, 11) is 2.17. The second kappa shape index (κ2) is 5.44. The van der Waals surface area contributed by atoms with E-state index in [1.807, 2.05) is 19.1 Å². The third kappa shape index (κ3) is 3.05. The maximum absolute atomic E-state index is 5.83. The summed E-state index contributed by atoms with van der Waals surface area (Å²) >= 11 is 0. The van der Waals surface area contributed by atoms with E-state index < -0.39 is 0 Å². The third-order valence-electron chi connectivity index (χ3n) is 3.72. The summed E-state index contributed by atoms with van der Waals surface area (Å²) < 4.78 is 0. The maximum atomic E-state index is 5.83. The van der Waals surface area contributed by atoms with Gasteiger partial charge in [0.1, 0.15) is 0 Å². The third-order valence-corrected chi connectivity index (χ3v) is 3.72. The Bertz CT molecular complexity index is 431. The van der Waals surface area contributed by atoms with Crippen LogP contribution < -0.4 is 11.1 Å². The summed E-state index contributed by atoms with van der Waals surface area (Å²) in [6.45, 7) is 8.49. The first kappa shape index (κ1) is 13.0. The lowest BCUT2D eigenvalue weighted by atomic mass is 10.0. The molecule has 3 N–H and O–H groups in total. The molecular formula is C15H23N3. The molecule has 1 heterocycles. The van der Waals surface area contributed by atoms with Gasteiger partial charge in [0, 0.05) is 17.4 Å². The van der Waals surface area contributed by atoms with Crippen LogP contribution in [0.5, 0.6) is 0 Å². The molecule has 0 unspecified atom stereocenters. The SMILES string of the molecule is C=C(NC1CCN(C)CC1)c1ccc(N)c(C)c1. The van der Waals surface area contributed by atoms with Crippen molar-refractivity contribution < 1.29 is 0 Å². The van der Waals surface area contributed by atoms with Gasteiger partial charge in [-0.05, 0) is 63.2 Å². The van der Waals surface area contributed by atoms with E-state index in [-0.39, 0.29) is 0 Å². The first-order valence-corrected chi connectivity index (χ1v) is 6.57. The molecule has 98 valence electrons. The van der Waals surface area contributed by atoms with Gasteiger partial charge in [0.2, 0.25) is 0 Å². The summed E-state index contributed by atoms with van der Waals surface area (Å²) in [5, 5.41) is 3.54. The Labute approximate surface area is 110 Å². The molecule has 1 aromatic rings. The van der Waals surface area contributed by atoms with Gasteiger partial charge in [-0.15, -0.1) is 0 Å². The van der Waals surface area contributed by atoms with Gasteiger partial charge >= 0.3 is 0 Å². The Morgan fingerprint density at radius 1 is 1.39 bits per heavy atom. The maximum Gasteiger partial charge on any atom is 0.0344 e. The number of nitrogens with two attached hydrogens (primary N) is 1. The molecule has 3 heteroatoms. The van der Waals surface area contributed by atoms with Crippen molar-refractivity contribution in [2.24, 2.45) is 0 Å². The van der Waals surface area contributed by atoms with Crippen molar-refractivity contribution >= 4 is 11.4 Å². The van der Waals surface area contributed by atoms with Crippen LogP contribution in [0.1, 0.15) is 24.0 Å². The van der Waals surface area contributed by atoms with Crippen LogP contribution in [-0.2, 0) is 0 Å². The minimum Gasteiger partial charge on any atom is -0.399 e. The Kier molecular flexibility index (Phi) is 3.92. The number of nitrogens with zero attached hydrogens (tertiary/aromatic N) is 1. The molecule has 0 spiro atoms. The molecule has 0 amide bonds. The molecule has 3 nitrogen and oxygen atoms in total. The van der Waals surface area contributed by atoms with E-state index in [0.717, 1.165) is 35.6 Å². The number of hydrogen-bond acceptors (Lipinski definition) is 3. The van der Waals surface area contributed by atoms with Crippen LogP contribution in [0.3, 0.4) is 0 Å². The Balaban J connectivity index is 1.97. The first-order chi connectivity index (χ1) is 8.56. The molecule has 0 aromatic heterocycles. The van der Waals surface area contributed by atoms with Crippen LogP contribution in [-0.4, -0.2) is 31.1 Å². The van der Waals surface area contributed by atoms with E-state index in [1.54, 1.807) is 0 Å². The summed E-state index contributed by atoms with van der Waals surface area (Å²) in [5.41, 5.74) is 9.93. The standard InChI is InChI=1S/C15H23N3/c1-11-10-13(4-5-15(11)16)12(2)17-14-6-8-18(3)9-7-14/h4-5,10,14,17H,2,6-9,16H2,1,3H3. The normalized spacial score (nSPS) is 17.7. The topological polar surface area (TPSA) is 41.3 Å². The highest BCUT2D eigenvalue weighted by Gasteiger charge is 2.16. The van der Waals surface area contributed by atoms with Crippen molar-refractivity contribution in [3.8, 4) is 0 Å². The average molecular weight is 245 g/mol. The molecule has 1 aromatic carbocycles. The number of rotatable bonds is 3. The number of nitrogens with one attached hydrogen (secondary N) is 1. The molecule has 1 aliphatic heterocycles. The Morgan fingerprint density at radius 3 is 2.67 bits per heavy atom. The summed E-state index contributed by atoms with van der Waals surface area (Å²) in [5.74, 6) is 0. The lowest BCUT2D eigenvalue weighted by Gasteiger charge is -2.30. The van der Waals surface area contributed by atoms with E-state index >= 15 is 0 Å². The average Bonchev–Trinajstić information content (AvgIpc) is 2.35. The zero-order valence-corrected chi connectivity index (χ0v) is 11.4. The fraction of sp³-hybridized carbons (Fsp3) is 0.467. The van der Waals surface area contributed by atoms with Gasteiger partial charge < -0.3 is 16.0 Å². The van der Waals surface area contributed by atoms with Crippen molar-refractivity contribution in [3.05, 3.63) is 35.9 Å². The Morgan fingerprint density at radius 2 is 2.06 bits per heavy atom. The van der Waals surface area contributed by atoms with Crippen molar-refractivity contribution in [2.45, 2.75) is 25.8 Å².